The highest BCUT2D eigenvalue weighted by molar-refractivity contribution is 5.98. The molecule has 1 amide bonds. The van der Waals surface area contributed by atoms with E-state index in [4.69, 9.17) is 0 Å². The first-order valence-corrected chi connectivity index (χ1v) is 9.63. The Bertz CT molecular complexity index is 1140. The molecule has 0 radical (unpaired) electrons. The Labute approximate surface area is 169 Å². The van der Waals surface area contributed by atoms with Gasteiger partial charge in [0.25, 0.3) is 0 Å². The van der Waals surface area contributed by atoms with Crippen molar-refractivity contribution in [3.05, 3.63) is 102 Å². The lowest BCUT2D eigenvalue weighted by Crippen LogP contribution is -2.23. The van der Waals surface area contributed by atoms with Crippen LogP contribution in [0.4, 0.5) is 4.39 Å². The summed E-state index contributed by atoms with van der Waals surface area (Å²) in [5.41, 5.74) is 3.90. The van der Waals surface area contributed by atoms with Crippen LogP contribution < -0.4 is 5.32 Å². The standard InChI is InChI=1S/C25H21FN2O/c26-21-8-4-7-19(15-21)22-11-10-20(24-17-27-14-13-23(22)24)16-28-25(29)12-9-18-5-2-1-3-6-18/h1-8,10-11,13-15,17H,9,12,16H2,(H,28,29). The van der Waals surface area contributed by atoms with Crippen molar-refractivity contribution in [2.75, 3.05) is 0 Å². The van der Waals surface area contributed by atoms with E-state index in [9.17, 15) is 9.18 Å². The van der Waals surface area contributed by atoms with Crippen LogP contribution >= 0.6 is 0 Å². The summed E-state index contributed by atoms with van der Waals surface area (Å²) in [7, 11) is 0. The minimum Gasteiger partial charge on any atom is -0.352 e. The van der Waals surface area contributed by atoms with E-state index in [0.29, 0.717) is 19.4 Å². The Kier molecular flexibility index (Phi) is 5.61. The summed E-state index contributed by atoms with van der Waals surface area (Å²) >= 11 is 0. The fourth-order valence-electron chi connectivity index (χ4n) is 3.50. The lowest BCUT2D eigenvalue weighted by atomic mass is 9.96. The molecule has 0 bridgehead atoms. The molecule has 3 nitrogen and oxygen atoms in total. The number of benzene rings is 3. The Hall–Kier alpha value is -3.53. The number of hydrogen-bond acceptors (Lipinski definition) is 2. The van der Waals surface area contributed by atoms with E-state index in [1.807, 2.05) is 54.6 Å². The number of carbonyl (C=O) groups excluding carboxylic acids is 1. The molecule has 4 rings (SSSR count). The molecule has 144 valence electrons. The number of carbonyl (C=O) groups is 1. The van der Waals surface area contributed by atoms with E-state index in [1.54, 1.807) is 18.5 Å². The third-order valence-corrected chi connectivity index (χ3v) is 5.00. The van der Waals surface area contributed by atoms with Crippen molar-refractivity contribution in [2.24, 2.45) is 0 Å². The van der Waals surface area contributed by atoms with Gasteiger partial charge in [-0.15, -0.1) is 0 Å². The summed E-state index contributed by atoms with van der Waals surface area (Å²) in [6, 6.07) is 22.4. The zero-order valence-electron chi connectivity index (χ0n) is 15.9. The zero-order valence-corrected chi connectivity index (χ0v) is 15.9. The van der Waals surface area contributed by atoms with Crippen molar-refractivity contribution >= 4 is 16.7 Å². The molecule has 0 aliphatic heterocycles. The molecule has 29 heavy (non-hydrogen) atoms. The summed E-state index contributed by atoms with van der Waals surface area (Å²) in [4.78, 5) is 16.5. The quantitative estimate of drug-likeness (QED) is 0.491. The Morgan fingerprint density at radius 1 is 0.931 bits per heavy atom. The molecule has 4 aromatic rings. The second kappa shape index (κ2) is 8.65. The van der Waals surface area contributed by atoms with Gasteiger partial charge < -0.3 is 5.32 Å². The molecular formula is C25H21FN2O. The molecular weight excluding hydrogens is 363 g/mol. The summed E-state index contributed by atoms with van der Waals surface area (Å²) in [5, 5.41) is 4.95. The van der Waals surface area contributed by atoms with E-state index >= 15 is 0 Å². The van der Waals surface area contributed by atoms with E-state index in [1.165, 1.54) is 12.1 Å². The van der Waals surface area contributed by atoms with Gasteiger partial charge in [-0.3, -0.25) is 9.78 Å². The van der Waals surface area contributed by atoms with Crippen molar-refractivity contribution in [1.29, 1.82) is 0 Å². The summed E-state index contributed by atoms with van der Waals surface area (Å²) in [6.45, 7) is 0.430. The second-order valence-corrected chi connectivity index (χ2v) is 6.97. The number of nitrogens with one attached hydrogen (secondary N) is 1. The molecule has 1 N–H and O–H groups in total. The number of pyridine rings is 1. The van der Waals surface area contributed by atoms with Gasteiger partial charge in [0.05, 0.1) is 0 Å². The Morgan fingerprint density at radius 3 is 2.62 bits per heavy atom. The molecule has 1 aromatic heterocycles. The number of nitrogens with zero attached hydrogens (tertiary/aromatic N) is 1. The summed E-state index contributed by atoms with van der Waals surface area (Å²) < 4.78 is 13.7. The largest absolute Gasteiger partial charge is 0.352 e. The smallest absolute Gasteiger partial charge is 0.220 e. The number of aryl methyl sites for hydroxylation is 1. The van der Waals surface area contributed by atoms with Crippen LogP contribution in [0.1, 0.15) is 17.5 Å². The first kappa shape index (κ1) is 18.8. The Balaban J connectivity index is 1.51. The maximum atomic E-state index is 13.7. The van der Waals surface area contributed by atoms with E-state index in [2.05, 4.69) is 10.3 Å². The second-order valence-electron chi connectivity index (χ2n) is 6.97. The summed E-state index contributed by atoms with van der Waals surface area (Å²) in [5.74, 6) is -0.250. The van der Waals surface area contributed by atoms with Gasteiger partial charge >= 0.3 is 0 Å². The van der Waals surface area contributed by atoms with Gasteiger partial charge in [0.1, 0.15) is 5.82 Å². The molecule has 1 heterocycles. The van der Waals surface area contributed by atoms with Crippen molar-refractivity contribution in [1.82, 2.24) is 10.3 Å². The fraction of sp³-hybridized carbons (Fsp3) is 0.120. The van der Waals surface area contributed by atoms with Crippen LogP contribution in [0.5, 0.6) is 0 Å². The van der Waals surface area contributed by atoms with E-state index in [0.717, 1.165) is 33.0 Å². The van der Waals surface area contributed by atoms with Gasteiger partial charge in [0.15, 0.2) is 0 Å². The highest BCUT2D eigenvalue weighted by atomic mass is 19.1. The van der Waals surface area contributed by atoms with Crippen molar-refractivity contribution < 1.29 is 9.18 Å². The molecule has 0 aliphatic carbocycles. The predicted octanol–water partition coefficient (Wildman–Crippen LogP) is 5.29. The van der Waals surface area contributed by atoms with Gasteiger partial charge in [0, 0.05) is 30.7 Å². The maximum Gasteiger partial charge on any atom is 0.220 e. The van der Waals surface area contributed by atoms with Crippen molar-refractivity contribution in [3.63, 3.8) is 0 Å². The number of amides is 1. The van der Waals surface area contributed by atoms with Gasteiger partial charge in [-0.1, -0.05) is 54.6 Å². The number of fused-ring (bicyclic) bond motifs is 1. The van der Waals surface area contributed by atoms with E-state index in [-0.39, 0.29) is 11.7 Å². The van der Waals surface area contributed by atoms with Crippen LogP contribution in [-0.4, -0.2) is 10.9 Å². The highest BCUT2D eigenvalue weighted by Crippen LogP contribution is 2.30. The predicted molar refractivity (Wildman–Crippen MR) is 114 cm³/mol. The lowest BCUT2D eigenvalue weighted by Gasteiger charge is -2.12. The van der Waals surface area contributed by atoms with Crippen LogP contribution in [0.25, 0.3) is 21.9 Å². The molecule has 0 aliphatic rings. The van der Waals surface area contributed by atoms with Crippen LogP contribution in [0, 0.1) is 5.82 Å². The van der Waals surface area contributed by atoms with Crippen LogP contribution in [0.15, 0.2) is 85.2 Å². The minimum atomic E-state index is -0.264. The molecule has 0 spiro atoms. The van der Waals surface area contributed by atoms with Gasteiger partial charge in [-0.25, -0.2) is 4.39 Å². The molecule has 4 heteroatoms. The Morgan fingerprint density at radius 2 is 1.79 bits per heavy atom. The van der Waals surface area contributed by atoms with Crippen LogP contribution in [0.2, 0.25) is 0 Å². The van der Waals surface area contributed by atoms with Crippen LogP contribution in [0.3, 0.4) is 0 Å². The lowest BCUT2D eigenvalue weighted by molar-refractivity contribution is -0.121. The minimum absolute atomic E-state index is 0.0140. The third-order valence-electron chi connectivity index (χ3n) is 5.00. The van der Waals surface area contributed by atoms with Gasteiger partial charge in [-0.2, -0.15) is 0 Å². The fourth-order valence-corrected chi connectivity index (χ4v) is 3.50. The maximum absolute atomic E-state index is 13.7. The third kappa shape index (κ3) is 4.49. The van der Waals surface area contributed by atoms with Crippen molar-refractivity contribution in [2.45, 2.75) is 19.4 Å². The molecule has 0 fully saturated rings. The number of halogens is 1. The first-order chi connectivity index (χ1) is 14.2. The van der Waals surface area contributed by atoms with E-state index < -0.39 is 0 Å². The van der Waals surface area contributed by atoms with Crippen LogP contribution in [-0.2, 0) is 17.8 Å². The normalized spacial score (nSPS) is 10.8. The molecule has 0 saturated carbocycles. The highest BCUT2D eigenvalue weighted by Gasteiger charge is 2.10. The first-order valence-electron chi connectivity index (χ1n) is 9.63. The SMILES string of the molecule is O=C(CCc1ccccc1)NCc1ccc(-c2cccc(F)c2)c2ccncc12. The average molecular weight is 384 g/mol. The topological polar surface area (TPSA) is 42.0 Å². The zero-order chi connectivity index (χ0) is 20.1. The molecule has 3 aromatic carbocycles. The number of hydrogen-bond donors (Lipinski definition) is 1. The average Bonchev–Trinajstić information content (AvgIpc) is 2.76. The van der Waals surface area contributed by atoms with Gasteiger partial charge in [0.2, 0.25) is 5.91 Å². The number of aromatic nitrogens is 1. The molecule has 0 unspecified atom stereocenters. The summed E-state index contributed by atoms with van der Waals surface area (Å²) in [6.07, 6.45) is 4.69. The number of rotatable bonds is 6. The van der Waals surface area contributed by atoms with Crippen molar-refractivity contribution in [3.8, 4) is 11.1 Å². The molecule has 0 atom stereocenters. The monoisotopic (exact) mass is 384 g/mol. The molecule has 0 saturated heterocycles. The van der Waals surface area contributed by atoms with Gasteiger partial charge in [-0.05, 0) is 52.3 Å².